The summed E-state index contributed by atoms with van der Waals surface area (Å²) in [5, 5.41) is 9.67. The number of aromatic nitrogens is 2. The highest BCUT2D eigenvalue weighted by Gasteiger charge is 2.19. The van der Waals surface area contributed by atoms with Crippen molar-refractivity contribution in [3.05, 3.63) is 83.4 Å². The SMILES string of the molecule is O=C(NCc1ccc2c(c1)OCCO2)c1cn(-c2ccccc2)nc1-c1cccs1. The number of amides is 1. The number of carbonyl (C=O) groups is 1. The molecule has 7 heteroatoms. The molecular weight excluding hydrogens is 398 g/mol. The second-order valence-corrected chi connectivity index (χ2v) is 7.76. The van der Waals surface area contributed by atoms with E-state index in [0.717, 1.165) is 21.9 Å². The first kappa shape index (κ1) is 18.4. The van der Waals surface area contributed by atoms with Crippen LogP contribution in [0.2, 0.25) is 0 Å². The van der Waals surface area contributed by atoms with Crippen LogP contribution in [-0.2, 0) is 6.54 Å². The third-order valence-electron chi connectivity index (χ3n) is 4.79. The number of carbonyl (C=O) groups excluding carboxylic acids is 1. The molecule has 0 saturated carbocycles. The van der Waals surface area contributed by atoms with Gasteiger partial charge in [0.05, 0.1) is 16.1 Å². The smallest absolute Gasteiger partial charge is 0.255 e. The van der Waals surface area contributed by atoms with Crippen molar-refractivity contribution in [1.29, 1.82) is 0 Å². The maximum Gasteiger partial charge on any atom is 0.255 e. The summed E-state index contributed by atoms with van der Waals surface area (Å²) < 4.78 is 12.9. The molecule has 0 bridgehead atoms. The number of hydrogen-bond acceptors (Lipinski definition) is 5. The minimum atomic E-state index is -0.171. The van der Waals surface area contributed by atoms with Gasteiger partial charge in [0.1, 0.15) is 18.9 Å². The van der Waals surface area contributed by atoms with Crippen molar-refractivity contribution in [3.8, 4) is 27.8 Å². The zero-order valence-electron chi connectivity index (χ0n) is 16.1. The molecule has 2 aromatic carbocycles. The third kappa shape index (κ3) is 3.67. The Hall–Kier alpha value is -3.58. The fraction of sp³-hybridized carbons (Fsp3) is 0.130. The molecule has 150 valence electrons. The number of thiophene rings is 1. The quantitative estimate of drug-likeness (QED) is 0.526. The zero-order chi connectivity index (χ0) is 20.3. The van der Waals surface area contributed by atoms with E-state index in [1.807, 2.05) is 66.0 Å². The van der Waals surface area contributed by atoms with Crippen molar-refractivity contribution < 1.29 is 14.3 Å². The minimum absolute atomic E-state index is 0.171. The lowest BCUT2D eigenvalue weighted by Gasteiger charge is -2.18. The van der Waals surface area contributed by atoms with Crippen LogP contribution in [0.4, 0.5) is 0 Å². The second kappa shape index (κ2) is 8.04. The van der Waals surface area contributed by atoms with Gasteiger partial charge in [-0.2, -0.15) is 5.10 Å². The van der Waals surface area contributed by atoms with E-state index in [1.165, 1.54) is 0 Å². The number of rotatable bonds is 5. The molecule has 1 amide bonds. The number of hydrogen-bond donors (Lipinski definition) is 1. The van der Waals surface area contributed by atoms with Crippen molar-refractivity contribution >= 4 is 17.2 Å². The average molecular weight is 417 g/mol. The van der Waals surface area contributed by atoms with Crippen molar-refractivity contribution in [1.82, 2.24) is 15.1 Å². The van der Waals surface area contributed by atoms with Crippen LogP contribution in [0, 0.1) is 0 Å². The Bertz CT molecular complexity index is 1170. The highest BCUT2D eigenvalue weighted by atomic mass is 32.1. The first-order valence-corrected chi connectivity index (χ1v) is 10.5. The van der Waals surface area contributed by atoms with E-state index in [0.29, 0.717) is 36.8 Å². The summed E-state index contributed by atoms with van der Waals surface area (Å²) in [6.07, 6.45) is 1.78. The molecule has 6 nitrogen and oxygen atoms in total. The molecule has 30 heavy (non-hydrogen) atoms. The molecular formula is C23H19N3O3S. The van der Waals surface area contributed by atoms with E-state index in [2.05, 4.69) is 10.4 Å². The minimum Gasteiger partial charge on any atom is -0.486 e. The number of fused-ring (bicyclic) bond motifs is 1. The Kier molecular flexibility index (Phi) is 4.94. The van der Waals surface area contributed by atoms with Gasteiger partial charge in [-0.1, -0.05) is 30.3 Å². The summed E-state index contributed by atoms with van der Waals surface area (Å²) in [5.41, 5.74) is 3.06. The first-order valence-electron chi connectivity index (χ1n) is 9.63. The summed E-state index contributed by atoms with van der Waals surface area (Å²) in [6.45, 7) is 1.47. The molecule has 0 radical (unpaired) electrons. The predicted octanol–water partition coefficient (Wildman–Crippen LogP) is 4.30. The molecule has 3 heterocycles. The van der Waals surface area contributed by atoms with Gasteiger partial charge in [-0.15, -0.1) is 11.3 Å². The van der Waals surface area contributed by atoms with Crippen LogP contribution >= 0.6 is 11.3 Å². The van der Waals surface area contributed by atoms with Crippen molar-refractivity contribution in [3.63, 3.8) is 0 Å². The normalized spacial score (nSPS) is 12.5. The van der Waals surface area contributed by atoms with Gasteiger partial charge >= 0.3 is 0 Å². The molecule has 4 aromatic rings. The van der Waals surface area contributed by atoms with E-state index in [1.54, 1.807) is 22.2 Å². The molecule has 1 aliphatic rings. The molecule has 0 saturated heterocycles. The van der Waals surface area contributed by atoms with E-state index < -0.39 is 0 Å². The molecule has 5 rings (SSSR count). The maximum atomic E-state index is 13.1. The second-order valence-electron chi connectivity index (χ2n) is 6.81. The number of ether oxygens (including phenoxy) is 2. The number of nitrogens with zero attached hydrogens (tertiary/aromatic N) is 2. The van der Waals surface area contributed by atoms with Crippen LogP contribution in [0.5, 0.6) is 11.5 Å². The van der Waals surface area contributed by atoms with E-state index in [9.17, 15) is 4.79 Å². The molecule has 0 atom stereocenters. The van der Waals surface area contributed by atoms with Gasteiger partial charge in [0, 0.05) is 12.7 Å². The van der Waals surface area contributed by atoms with E-state index in [4.69, 9.17) is 9.47 Å². The maximum absolute atomic E-state index is 13.1. The van der Waals surface area contributed by atoms with Gasteiger partial charge < -0.3 is 14.8 Å². The predicted molar refractivity (Wildman–Crippen MR) is 115 cm³/mol. The van der Waals surface area contributed by atoms with Crippen molar-refractivity contribution in [2.75, 3.05) is 13.2 Å². The highest BCUT2D eigenvalue weighted by Crippen LogP contribution is 2.31. The van der Waals surface area contributed by atoms with Gasteiger partial charge in [-0.3, -0.25) is 4.79 Å². The molecule has 0 fully saturated rings. The first-order chi connectivity index (χ1) is 14.8. The fourth-order valence-corrected chi connectivity index (χ4v) is 4.05. The Morgan fingerprint density at radius 1 is 1.03 bits per heavy atom. The topological polar surface area (TPSA) is 65.4 Å². The van der Waals surface area contributed by atoms with Crippen molar-refractivity contribution in [2.45, 2.75) is 6.54 Å². The third-order valence-corrected chi connectivity index (χ3v) is 5.67. The van der Waals surface area contributed by atoms with Gasteiger partial charge in [0.15, 0.2) is 11.5 Å². The Balaban J connectivity index is 1.40. The molecule has 1 N–H and O–H groups in total. The van der Waals surface area contributed by atoms with E-state index in [-0.39, 0.29) is 5.91 Å². The summed E-state index contributed by atoms with van der Waals surface area (Å²) in [6, 6.07) is 19.4. The summed E-state index contributed by atoms with van der Waals surface area (Å²) >= 11 is 1.56. The van der Waals surface area contributed by atoms with Gasteiger partial charge in [-0.25, -0.2) is 4.68 Å². The Morgan fingerprint density at radius 2 is 1.87 bits per heavy atom. The zero-order valence-corrected chi connectivity index (χ0v) is 16.9. The van der Waals surface area contributed by atoms with Crippen molar-refractivity contribution in [2.24, 2.45) is 0 Å². The Labute approximate surface area is 177 Å². The van der Waals surface area contributed by atoms with Crippen LogP contribution in [0.25, 0.3) is 16.3 Å². The van der Waals surface area contributed by atoms with Crippen LogP contribution in [0.3, 0.4) is 0 Å². The van der Waals surface area contributed by atoms with Gasteiger partial charge in [0.2, 0.25) is 0 Å². The molecule has 0 unspecified atom stereocenters. The monoisotopic (exact) mass is 417 g/mol. The van der Waals surface area contributed by atoms with Gasteiger partial charge in [0.25, 0.3) is 5.91 Å². The highest BCUT2D eigenvalue weighted by molar-refractivity contribution is 7.13. The number of para-hydroxylation sites is 1. The molecule has 0 aliphatic carbocycles. The molecule has 2 aromatic heterocycles. The Morgan fingerprint density at radius 3 is 2.67 bits per heavy atom. The van der Waals surface area contributed by atoms with E-state index >= 15 is 0 Å². The lowest BCUT2D eigenvalue weighted by Crippen LogP contribution is -2.23. The lowest BCUT2D eigenvalue weighted by atomic mass is 10.1. The van der Waals surface area contributed by atoms with Crippen LogP contribution in [0.1, 0.15) is 15.9 Å². The number of nitrogens with one attached hydrogen (secondary N) is 1. The molecule has 1 aliphatic heterocycles. The summed E-state index contributed by atoms with van der Waals surface area (Å²) in [4.78, 5) is 14.0. The van der Waals surface area contributed by atoms with Crippen LogP contribution < -0.4 is 14.8 Å². The summed E-state index contributed by atoms with van der Waals surface area (Å²) in [7, 11) is 0. The molecule has 0 spiro atoms. The standard InChI is InChI=1S/C23H19N3O3S/c27-23(24-14-16-8-9-19-20(13-16)29-11-10-28-19)18-15-26(17-5-2-1-3-6-17)25-22(18)21-7-4-12-30-21/h1-9,12-13,15H,10-11,14H2,(H,24,27). The fourth-order valence-electron chi connectivity index (χ4n) is 3.32. The summed E-state index contributed by atoms with van der Waals surface area (Å²) in [5.74, 6) is 1.28. The van der Waals surface area contributed by atoms with Gasteiger partial charge in [-0.05, 0) is 41.3 Å². The lowest BCUT2D eigenvalue weighted by molar-refractivity contribution is 0.0951. The van der Waals surface area contributed by atoms with Crippen LogP contribution in [-0.4, -0.2) is 28.9 Å². The largest absolute Gasteiger partial charge is 0.486 e. The average Bonchev–Trinajstić information content (AvgIpc) is 3.48. The van der Waals surface area contributed by atoms with Crippen LogP contribution in [0.15, 0.2) is 72.2 Å². The number of benzene rings is 2.